The molecule has 0 heterocycles. The number of hydrazone groups is 1. The second-order valence-electron chi connectivity index (χ2n) is 3.68. The molecule has 0 amide bonds. The SMILES string of the molecule is SC(C=CSc1ccccc1)=NNc1ccccc1. The summed E-state index contributed by atoms with van der Waals surface area (Å²) in [5.41, 5.74) is 3.89. The van der Waals surface area contributed by atoms with Crippen LogP contribution in [0, 0.1) is 0 Å². The molecule has 0 spiro atoms. The first-order valence-corrected chi connectivity index (χ1v) is 7.13. The Kier molecular flexibility index (Phi) is 5.59. The largest absolute Gasteiger partial charge is 0.277 e. The molecule has 0 atom stereocenters. The molecule has 2 aromatic carbocycles. The van der Waals surface area contributed by atoms with Crippen LogP contribution in [-0.2, 0) is 0 Å². The maximum atomic E-state index is 4.29. The topological polar surface area (TPSA) is 24.4 Å². The molecule has 4 heteroatoms. The molecule has 1 N–H and O–H groups in total. The Morgan fingerprint density at radius 2 is 1.63 bits per heavy atom. The van der Waals surface area contributed by atoms with Gasteiger partial charge in [0.05, 0.1) is 5.69 Å². The summed E-state index contributed by atoms with van der Waals surface area (Å²) in [6.45, 7) is 0. The van der Waals surface area contributed by atoms with Gasteiger partial charge in [0.1, 0.15) is 5.04 Å². The van der Waals surface area contributed by atoms with Crippen molar-refractivity contribution in [1.29, 1.82) is 0 Å². The number of thioether (sulfide) groups is 1. The molecule has 2 nitrogen and oxygen atoms in total. The minimum absolute atomic E-state index is 0.632. The summed E-state index contributed by atoms with van der Waals surface area (Å²) in [5.74, 6) is 0. The van der Waals surface area contributed by atoms with E-state index in [0.29, 0.717) is 5.04 Å². The van der Waals surface area contributed by atoms with E-state index in [4.69, 9.17) is 0 Å². The van der Waals surface area contributed by atoms with Crippen molar-refractivity contribution in [2.75, 3.05) is 5.43 Å². The number of nitrogens with one attached hydrogen (secondary N) is 1. The van der Waals surface area contributed by atoms with Crippen molar-refractivity contribution in [2.24, 2.45) is 5.10 Å². The minimum Gasteiger partial charge on any atom is -0.277 e. The first kappa shape index (κ1) is 13.8. The van der Waals surface area contributed by atoms with Gasteiger partial charge in [-0.25, -0.2) is 0 Å². The van der Waals surface area contributed by atoms with E-state index in [1.165, 1.54) is 4.90 Å². The van der Waals surface area contributed by atoms with Gasteiger partial charge in [0.2, 0.25) is 0 Å². The molecule has 0 unspecified atom stereocenters. The Labute approximate surface area is 123 Å². The molecule has 0 aliphatic rings. The fraction of sp³-hybridized carbons (Fsp3) is 0. The van der Waals surface area contributed by atoms with E-state index in [1.807, 2.05) is 60.0 Å². The van der Waals surface area contributed by atoms with E-state index in [2.05, 4.69) is 35.3 Å². The summed E-state index contributed by atoms with van der Waals surface area (Å²) in [6.07, 6.45) is 1.86. The zero-order valence-corrected chi connectivity index (χ0v) is 11.9. The van der Waals surface area contributed by atoms with Gasteiger partial charge in [-0.1, -0.05) is 48.2 Å². The van der Waals surface area contributed by atoms with Gasteiger partial charge in [-0.2, -0.15) is 5.10 Å². The number of thiol groups is 1. The Bertz CT molecular complexity index is 551. The van der Waals surface area contributed by atoms with Crippen LogP contribution in [0.3, 0.4) is 0 Å². The molecule has 0 saturated heterocycles. The highest BCUT2D eigenvalue weighted by Crippen LogP contribution is 2.18. The van der Waals surface area contributed by atoms with Crippen LogP contribution in [-0.4, -0.2) is 5.04 Å². The monoisotopic (exact) mass is 286 g/mol. The van der Waals surface area contributed by atoms with Crippen LogP contribution in [0.4, 0.5) is 5.69 Å². The zero-order valence-electron chi connectivity index (χ0n) is 10.2. The molecule has 0 aliphatic carbocycles. The first-order valence-electron chi connectivity index (χ1n) is 5.80. The van der Waals surface area contributed by atoms with Crippen LogP contribution >= 0.6 is 24.4 Å². The Hall–Kier alpha value is -1.65. The third kappa shape index (κ3) is 5.24. The summed E-state index contributed by atoms with van der Waals surface area (Å²) in [7, 11) is 0. The van der Waals surface area contributed by atoms with Gasteiger partial charge in [0, 0.05) is 4.90 Å². The third-order valence-electron chi connectivity index (χ3n) is 2.24. The summed E-state index contributed by atoms with van der Waals surface area (Å²) in [5, 5.41) is 6.75. The lowest BCUT2D eigenvalue weighted by Crippen LogP contribution is -1.91. The second kappa shape index (κ2) is 7.71. The molecule has 2 rings (SSSR count). The Morgan fingerprint density at radius 1 is 1.00 bits per heavy atom. The Balaban J connectivity index is 1.85. The van der Waals surface area contributed by atoms with Crippen molar-refractivity contribution in [1.82, 2.24) is 0 Å². The lowest BCUT2D eigenvalue weighted by atomic mass is 10.3. The maximum absolute atomic E-state index is 4.29. The standard InChI is InChI=1S/C15H14N2S2/c18-15(17-16-13-7-3-1-4-8-13)11-12-19-14-9-5-2-6-10-14/h1-12,16H,(H,17,18). The van der Waals surface area contributed by atoms with Gasteiger partial charge >= 0.3 is 0 Å². The third-order valence-corrected chi connectivity index (χ3v) is 3.30. The zero-order chi connectivity index (χ0) is 13.3. The fourth-order valence-corrected chi connectivity index (χ4v) is 2.24. The highest BCUT2D eigenvalue weighted by molar-refractivity contribution is 8.02. The Morgan fingerprint density at radius 3 is 2.32 bits per heavy atom. The predicted octanol–water partition coefficient (Wildman–Crippen LogP) is 4.65. The summed E-state index contributed by atoms with van der Waals surface area (Å²) in [4.78, 5) is 1.19. The molecular formula is C15H14N2S2. The van der Waals surface area contributed by atoms with Crippen LogP contribution in [0.5, 0.6) is 0 Å². The highest BCUT2D eigenvalue weighted by atomic mass is 32.2. The number of hydrogen-bond acceptors (Lipinski definition) is 3. The molecule has 0 aromatic heterocycles. The molecule has 96 valence electrons. The van der Waals surface area contributed by atoms with Crippen LogP contribution < -0.4 is 5.43 Å². The molecule has 0 aliphatic heterocycles. The number of benzene rings is 2. The maximum Gasteiger partial charge on any atom is 0.114 e. The van der Waals surface area contributed by atoms with Gasteiger partial charge in [0.15, 0.2) is 0 Å². The smallest absolute Gasteiger partial charge is 0.114 e. The van der Waals surface area contributed by atoms with E-state index in [-0.39, 0.29) is 0 Å². The van der Waals surface area contributed by atoms with Gasteiger partial charge in [-0.3, -0.25) is 5.43 Å². The number of hydrogen-bond donors (Lipinski definition) is 2. The van der Waals surface area contributed by atoms with E-state index >= 15 is 0 Å². The van der Waals surface area contributed by atoms with Crippen molar-refractivity contribution < 1.29 is 0 Å². The predicted molar refractivity (Wildman–Crippen MR) is 87.9 cm³/mol. The normalized spacial score (nSPS) is 11.7. The lowest BCUT2D eigenvalue weighted by molar-refractivity contribution is 1.35. The average Bonchev–Trinajstić information content (AvgIpc) is 2.47. The van der Waals surface area contributed by atoms with Gasteiger partial charge in [-0.05, 0) is 35.7 Å². The van der Waals surface area contributed by atoms with Crippen LogP contribution in [0.1, 0.15) is 0 Å². The minimum atomic E-state index is 0.632. The number of para-hydroxylation sites is 1. The van der Waals surface area contributed by atoms with Gasteiger partial charge in [-0.15, -0.1) is 12.6 Å². The van der Waals surface area contributed by atoms with E-state index in [9.17, 15) is 0 Å². The van der Waals surface area contributed by atoms with E-state index in [1.54, 1.807) is 11.8 Å². The second-order valence-corrected chi connectivity index (χ2v) is 5.12. The van der Waals surface area contributed by atoms with Crippen LogP contribution in [0.2, 0.25) is 0 Å². The van der Waals surface area contributed by atoms with Crippen molar-refractivity contribution in [3.8, 4) is 0 Å². The van der Waals surface area contributed by atoms with Crippen molar-refractivity contribution in [3.63, 3.8) is 0 Å². The number of anilines is 1. The quantitative estimate of drug-likeness (QED) is 0.275. The van der Waals surface area contributed by atoms with Crippen molar-refractivity contribution in [3.05, 3.63) is 72.1 Å². The van der Waals surface area contributed by atoms with Gasteiger partial charge in [0.25, 0.3) is 0 Å². The highest BCUT2D eigenvalue weighted by Gasteiger charge is 1.89. The molecule has 2 aromatic rings. The molecule has 0 radical (unpaired) electrons. The number of rotatable bonds is 5. The van der Waals surface area contributed by atoms with E-state index < -0.39 is 0 Å². The molecule has 19 heavy (non-hydrogen) atoms. The molecule has 0 fully saturated rings. The number of nitrogens with zero attached hydrogens (tertiary/aromatic N) is 1. The molecule has 0 bridgehead atoms. The average molecular weight is 286 g/mol. The summed E-state index contributed by atoms with van der Waals surface area (Å²) in [6, 6.07) is 19.9. The molecule has 0 saturated carbocycles. The fourth-order valence-electron chi connectivity index (χ4n) is 1.34. The van der Waals surface area contributed by atoms with E-state index in [0.717, 1.165) is 5.69 Å². The van der Waals surface area contributed by atoms with Crippen LogP contribution in [0.15, 0.2) is 82.1 Å². The first-order chi connectivity index (χ1) is 9.34. The van der Waals surface area contributed by atoms with Crippen LogP contribution in [0.25, 0.3) is 0 Å². The molecular weight excluding hydrogens is 272 g/mol. The van der Waals surface area contributed by atoms with Crippen molar-refractivity contribution >= 4 is 35.1 Å². The summed E-state index contributed by atoms with van der Waals surface area (Å²) >= 11 is 5.93. The lowest BCUT2D eigenvalue weighted by Gasteiger charge is -1.99. The van der Waals surface area contributed by atoms with Crippen molar-refractivity contribution in [2.45, 2.75) is 4.90 Å². The summed E-state index contributed by atoms with van der Waals surface area (Å²) < 4.78 is 0. The van der Waals surface area contributed by atoms with Gasteiger partial charge < -0.3 is 0 Å².